The van der Waals surface area contributed by atoms with Crippen molar-refractivity contribution in [2.45, 2.75) is 122 Å². The fourth-order valence-electron chi connectivity index (χ4n) is 3.24. The van der Waals surface area contributed by atoms with Crippen molar-refractivity contribution in [3.05, 3.63) is 31.3 Å². The summed E-state index contributed by atoms with van der Waals surface area (Å²) in [5, 5.41) is 17.7. The molecule has 0 amide bonds. The second kappa shape index (κ2) is 67.1. The Balaban J connectivity index is -0.0000000806. The van der Waals surface area contributed by atoms with Crippen LogP contribution >= 0.6 is 37.2 Å². The van der Waals surface area contributed by atoms with Crippen molar-refractivity contribution in [1.29, 1.82) is 5.26 Å². The van der Waals surface area contributed by atoms with Crippen LogP contribution in [0, 0.1) is 11.3 Å². The lowest BCUT2D eigenvalue weighted by molar-refractivity contribution is 0.601. The monoisotopic (exact) mass is 659 g/mol. The van der Waals surface area contributed by atoms with Gasteiger partial charge in [-0.25, -0.2) is 0 Å². The Morgan fingerprint density at radius 3 is 0.786 bits per heavy atom. The summed E-state index contributed by atoms with van der Waals surface area (Å²) >= 11 is 0. The van der Waals surface area contributed by atoms with Gasteiger partial charge in [-0.05, 0) is 74.8 Å². The van der Waals surface area contributed by atoms with Gasteiger partial charge in [-0.3, -0.25) is 0 Å². The molecule has 6 N–H and O–H groups in total. The molecule has 0 aliphatic rings. The Hall–Kier alpha value is -1.83. The fraction of sp³-hybridized carbons (Fsp3) is 0.962. The molecule has 0 saturated heterocycles. The van der Waals surface area contributed by atoms with Crippen molar-refractivity contribution >= 4 is 37.2 Å². The highest BCUT2D eigenvalue weighted by Gasteiger charge is 1.90. The molecule has 0 aliphatic carbocycles. The van der Waals surface area contributed by atoms with Crippen molar-refractivity contribution in [2.24, 2.45) is 32.5 Å². The summed E-state index contributed by atoms with van der Waals surface area (Å²) in [6.07, 6.45) is 21.2. The van der Waals surface area contributed by atoms with Crippen LogP contribution in [0.4, 0.5) is 0 Å². The van der Waals surface area contributed by atoms with E-state index in [2.05, 4.69) is 30.1 Å². The van der Waals surface area contributed by atoms with Crippen LogP contribution in [-0.4, -0.2) is 39.3 Å². The molecule has 250 valence electrons. The largest absolute Gasteiger partial charge is 0.330 e. The number of hydrogen-bond acceptors (Lipinski definition) is 7. The van der Waals surface area contributed by atoms with Crippen molar-refractivity contribution in [2.75, 3.05) is 39.3 Å². The highest BCUT2D eigenvalue weighted by molar-refractivity contribution is 5.86. The van der Waals surface area contributed by atoms with Gasteiger partial charge in [0, 0.05) is 41.3 Å². The number of nitrogens with two attached hydrogens (primary N) is 3. The zero-order valence-corrected chi connectivity index (χ0v) is 28.3. The average molecular weight is 661 g/mol. The maximum Gasteiger partial charge on any atom is 0.0587 e. The zero-order chi connectivity index (χ0) is 29.9. The summed E-state index contributed by atoms with van der Waals surface area (Å²) in [4.78, 5) is 8.07. The van der Waals surface area contributed by atoms with Gasteiger partial charge in [-0.2, -0.15) is 5.26 Å². The lowest BCUT2D eigenvalue weighted by Crippen LogP contribution is -1.97. The molecule has 0 unspecified atom stereocenters. The molecule has 0 saturated carbocycles. The molecule has 0 spiro atoms. The average Bonchev–Trinajstić information content (AvgIpc) is 2.94. The Kier molecular flexibility index (Phi) is 89.5. The summed E-state index contributed by atoms with van der Waals surface area (Å²) in [5.74, 6) is 0. The Morgan fingerprint density at radius 1 is 0.452 bits per heavy atom. The van der Waals surface area contributed by atoms with Crippen molar-refractivity contribution in [1.82, 2.24) is 0 Å². The minimum atomic E-state index is 0. The van der Waals surface area contributed by atoms with Crippen LogP contribution in [0.15, 0.2) is 15.3 Å². The van der Waals surface area contributed by atoms with E-state index in [4.69, 9.17) is 39.1 Å². The molecule has 13 nitrogen and oxygen atoms in total. The maximum atomic E-state index is 7.98. The number of unbranched alkanes of at least 4 members (excludes halogenated alkanes) is 15. The Bertz CT molecular complexity index is 557. The van der Waals surface area contributed by atoms with Gasteiger partial charge in [-0.15, -0.1) is 37.2 Å². The first-order valence-electron chi connectivity index (χ1n) is 14.6. The first-order valence-corrected chi connectivity index (χ1v) is 14.6. The van der Waals surface area contributed by atoms with Crippen LogP contribution in [0.3, 0.4) is 0 Å². The van der Waals surface area contributed by atoms with Crippen LogP contribution in [0.1, 0.15) is 122 Å². The molecule has 0 aromatic carbocycles. The van der Waals surface area contributed by atoms with E-state index in [1.165, 1.54) is 84.0 Å². The SMILES string of the molecule is CC#N.Cl.Cl.Cl.[N-]=[N+]=NCCCCCCCCN.[N-]=[N+]=NCCCCCCCCN.[N-]=[N+]=NCCCCCCCCN. The van der Waals surface area contributed by atoms with Crippen LogP contribution in [0.25, 0.3) is 31.3 Å². The number of hydrogen-bond donors (Lipinski definition) is 3. The van der Waals surface area contributed by atoms with Crippen molar-refractivity contribution in [3.63, 3.8) is 0 Å². The minimum absolute atomic E-state index is 0. The Labute approximate surface area is 273 Å². The normalized spacial score (nSPS) is 8.26. The molecule has 16 heteroatoms. The molecule has 0 aromatic heterocycles. The topological polar surface area (TPSA) is 248 Å². The molecule has 0 aromatic rings. The first kappa shape index (κ1) is 56.0. The molecule has 0 aliphatic heterocycles. The van der Waals surface area contributed by atoms with Gasteiger partial charge in [-0.1, -0.05) is 92.4 Å². The number of rotatable bonds is 24. The fourth-order valence-corrected chi connectivity index (χ4v) is 3.24. The van der Waals surface area contributed by atoms with E-state index in [0.717, 1.165) is 58.2 Å². The predicted octanol–water partition coefficient (Wildman–Crippen LogP) is 9.58. The maximum absolute atomic E-state index is 7.98. The third-order valence-corrected chi connectivity index (χ3v) is 5.33. The van der Waals surface area contributed by atoms with Gasteiger partial charge < -0.3 is 17.2 Å². The van der Waals surface area contributed by atoms with Gasteiger partial charge in [0.05, 0.1) is 6.07 Å². The van der Waals surface area contributed by atoms with Crippen LogP contribution < -0.4 is 17.2 Å². The number of nitriles is 1. The molecular formula is C26H60Cl3N13. The predicted molar refractivity (Wildman–Crippen MR) is 185 cm³/mol. The summed E-state index contributed by atoms with van der Waals surface area (Å²) < 4.78 is 0. The zero-order valence-electron chi connectivity index (χ0n) is 25.9. The third kappa shape index (κ3) is 83.2. The minimum Gasteiger partial charge on any atom is -0.330 e. The summed E-state index contributed by atoms with van der Waals surface area (Å²) in [5.41, 5.74) is 40.0. The van der Waals surface area contributed by atoms with Gasteiger partial charge in [0.2, 0.25) is 0 Å². The third-order valence-electron chi connectivity index (χ3n) is 5.33. The lowest BCUT2D eigenvalue weighted by atomic mass is 10.1. The van der Waals surface area contributed by atoms with Crippen LogP contribution in [-0.2, 0) is 0 Å². The summed E-state index contributed by atoms with van der Waals surface area (Å²) in [7, 11) is 0. The molecule has 0 rings (SSSR count). The van der Waals surface area contributed by atoms with E-state index < -0.39 is 0 Å². The molecule has 0 fully saturated rings. The highest BCUT2D eigenvalue weighted by atomic mass is 35.5. The first-order chi connectivity index (χ1) is 19.2. The molecule has 0 bridgehead atoms. The van der Waals surface area contributed by atoms with E-state index in [9.17, 15) is 0 Å². The second-order valence-corrected chi connectivity index (χ2v) is 8.82. The number of azide groups is 3. The van der Waals surface area contributed by atoms with Gasteiger partial charge in [0.1, 0.15) is 0 Å². The summed E-state index contributed by atoms with van der Waals surface area (Å²) in [6.45, 7) is 5.78. The Morgan fingerprint density at radius 2 is 0.619 bits per heavy atom. The van der Waals surface area contributed by atoms with E-state index in [0.29, 0.717) is 19.6 Å². The second-order valence-electron chi connectivity index (χ2n) is 8.82. The van der Waals surface area contributed by atoms with Crippen molar-refractivity contribution in [3.8, 4) is 6.07 Å². The number of halogens is 3. The standard InChI is InChI=1S/3C8H18N4.C2H3N.3ClH/c3*9-7-5-3-1-2-4-6-8-11-12-10;1-2-3;;;/h3*1-9H2;1H3;3*1H. The molecule has 0 radical (unpaired) electrons. The van der Waals surface area contributed by atoms with Gasteiger partial charge in [0.25, 0.3) is 0 Å². The highest BCUT2D eigenvalue weighted by Crippen LogP contribution is 2.06. The quantitative estimate of drug-likeness (QED) is 0.0395. The molecular weight excluding hydrogens is 601 g/mol. The smallest absolute Gasteiger partial charge is 0.0587 e. The molecule has 0 heterocycles. The van der Waals surface area contributed by atoms with Gasteiger partial charge >= 0.3 is 0 Å². The molecule has 42 heavy (non-hydrogen) atoms. The summed E-state index contributed by atoms with van der Waals surface area (Å²) in [6, 6.07) is 1.75. The van der Waals surface area contributed by atoms with Gasteiger partial charge in [0.15, 0.2) is 0 Å². The van der Waals surface area contributed by atoms with Crippen LogP contribution in [0.2, 0.25) is 0 Å². The molecule has 0 atom stereocenters. The van der Waals surface area contributed by atoms with E-state index in [1.54, 1.807) is 6.07 Å². The van der Waals surface area contributed by atoms with E-state index in [-0.39, 0.29) is 37.2 Å². The van der Waals surface area contributed by atoms with Crippen molar-refractivity contribution < 1.29 is 0 Å². The lowest BCUT2D eigenvalue weighted by Gasteiger charge is -1.97. The van der Waals surface area contributed by atoms with E-state index >= 15 is 0 Å². The number of nitrogens with zero attached hydrogens (tertiary/aromatic N) is 10. The van der Waals surface area contributed by atoms with Crippen LogP contribution in [0.5, 0.6) is 0 Å². The van der Waals surface area contributed by atoms with E-state index in [1.807, 2.05) is 0 Å².